The lowest BCUT2D eigenvalue weighted by Gasteiger charge is -2.63. The summed E-state index contributed by atoms with van der Waals surface area (Å²) >= 11 is 9.42. The van der Waals surface area contributed by atoms with Crippen LogP contribution in [0.1, 0.15) is 34.6 Å². The highest BCUT2D eigenvalue weighted by molar-refractivity contribution is 9.44. The summed E-state index contributed by atoms with van der Waals surface area (Å²) in [6, 6.07) is 0. The first-order valence-electron chi connectivity index (χ1n) is 3.95. The molecule has 0 atom stereocenters. The van der Waals surface area contributed by atoms with Gasteiger partial charge in [0.1, 0.15) is 0 Å². The molecule has 0 spiro atoms. The minimum atomic E-state index is -1.28. The molecular weight excluding hydrogens is 239 g/mol. The van der Waals surface area contributed by atoms with Gasteiger partial charge in [0, 0.05) is 15.1 Å². The summed E-state index contributed by atoms with van der Waals surface area (Å²) < 4.78 is -1.28. The molecule has 0 nitrogen and oxygen atoms in total. The van der Waals surface area contributed by atoms with E-state index in [1.54, 1.807) is 0 Å². The molecule has 11 heavy (non-hydrogen) atoms. The van der Waals surface area contributed by atoms with E-state index in [2.05, 4.69) is 50.1 Å². The van der Waals surface area contributed by atoms with Crippen LogP contribution >= 0.6 is 20.2 Å². The largest absolute Gasteiger partial charge is 0.0842 e. The molecule has 0 N–H and O–H groups in total. The number of hydrogen-bond donors (Lipinski definition) is 0. The zero-order valence-corrected chi connectivity index (χ0v) is 11.1. The molecule has 0 unspecified atom stereocenters. The summed E-state index contributed by atoms with van der Waals surface area (Å²) in [5, 5.41) is 0.706. The predicted octanol–water partition coefficient (Wildman–Crippen LogP) is 3.98. The Bertz CT molecular complexity index is 212. The normalized spacial score (nSPS) is 46.5. The number of hydrogen-bond acceptors (Lipinski definition) is 1. The molecule has 0 saturated carbocycles. The van der Waals surface area contributed by atoms with Gasteiger partial charge in [0.2, 0.25) is 0 Å². The predicted molar refractivity (Wildman–Crippen MR) is 60.5 cm³/mol. The quantitative estimate of drug-likeness (QED) is 0.590. The maximum Gasteiger partial charge on any atom is 0.0283 e. The van der Waals surface area contributed by atoms with E-state index < -0.39 is 4.74 Å². The van der Waals surface area contributed by atoms with Crippen LogP contribution in [0.25, 0.3) is 0 Å². The lowest BCUT2D eigenvalue weighted by atomic mass is 9.83. The van der Waals surface area contributed by atoms with E-state index in [1.807, 2.05) is 0 Å². The van der Waals surface area contributed by atoms with Crippen molar-refractivity contribution < 1.29 is 0 Å². The Kier molecular flexibility index (Phi) is 2.17. The van der Waals surface area contributed by atoms with Gasteiger partial charge in [0.05, 0.1) is 0 Å². The molecule has 0 amide bonds. The first-order chi connectivity index (χ1) is 4.65. The van der Waals surface area contributed by atoms with Gasteiger partial charge < -0.3 is 0 Å². The fourth-order valence-electron chi connectivity index (χ4n) is 2.04. The van der Waals surface area contributed by atoms with Crippen LogP contribution in [0.3, 0.4) is 0 Å². The summed E-state index contributed by atoms with van der Waals surface area (Å²) in [4.78, 5) is 0. The first kappa shape index (κ1) is 10.2. The first-order valence-corrected chi connectivity index (χ1v) is 8.77. The van der Waals surface area contributed by atoms with Gasteiger partial charge in [-0.3, -0.25) is 0 Å². The summed E-state index contributed by atoms with van der Waals surface area (Å²) in [6.07, 6.45) is 0. The summed E-state index contributed by atoms with van der Waals surface area (Å²) in [7, 11) is 0. The fourth-order valence-corrected chi connectivity index (χ4v) is 7.75. The Balaban J connectivity index is 3.09. The van der Waals surface area contributed by atoms with E-state index in [-0.39, 0.29) is 0 Å². The number of rotatable bonds is 0. The van der Waals surface area contributed by atoms with Gasteiger partial charge in [-0.25, -0.2) is 0 Å². The van der Waals surface area contributed by atoms with E-state index in [0.717, 1.165) is 5.92 Å². The average molecular weight is 255 g/mol. The van der Waals surface area contributed by atoms with E-state index in [9.17, 15) is 0 Å². The third-order valence-electron chi connectivity index (χ3n) is 3.60. The molecule has 1 saturated heterocycles. The van der Waals surface area contributed by atoms with Crippen LogP contribution in [0.2, 0.25) is 0 Å². The van der Waals surface area contributed by atoms with Crippen molar-refractivity contribution in [2.24, 2.45) is 5.92 Å². The van der Waals surface area contributed by atoms with E-state index >= 15 is 0 Å². The van der Waals surface area contributed by atoms with Crippen molar-refractivity contribution in [3.8, 4) is 0 Å². The monoisotopic (exact) mass is 254 g/mol. The molecule has 1 rings (SSSR count). The van der Waals surface area contributed by atoms with Gasteiger partial charge in [0.15, 0.2) is 0 Å². The van der Waals surface area contributed by atoms with Crippen molar-refractivity contribution in [1.82, 2.24) is 0 Å². The topological polar surface area (TPSA) is 0 Å². The van der Waals surface area contributed by atoms with Crippen molar-refractivity contribution in [1.29, 1.82) is 0 Å². The fraction of sp³-hybridized carbons (Fsp3) is 1.00. The lowest BCUT2D eigenvalue weighted by Crippen LogP contribution is -2.55. The molecule has 1 fully saturated rings. The van der Waals surface area contributed by atoms with E-state index in [4.69, 9.17) is 11.8 Å². The molecule has 1 aliphatic heterocycles. The van der Waals surface area contributed by atoms with Gasteiger partial charge in [0.25, 0.3) is 0 Å². The molecule has 0 aromatic carbocycles. The Morgan fingerprint density at radius 3 is 1.55 bits per heavy atom. The molecular formula is C8H16BrPS. The maximum absolute atomic E-state index is 5.65. The van der Waals surface area contributed by atoms with Crippen LogP contribution in [-0.2, 0) is 11.8 Å². The standard InChI is InChI=1S/C8H16BrPS/c1-6-7(2,3)10(9,11)8(6,4)5/h6H,1-5H3. The lowest BCUT2D eigenvalue weighted by molar-refractivity contribution is 0.311. The summed E-state index contributed by atoms with van der Waals surface area (Å²) in [6.45, 7) is 11.5. The molecule has 0 aromatic heterocycles. The van der Waals surface area contributed by atoms with Gasteiger partial charge >= 0.3 is 0 Å². The van der Waals surface area contributed by atoms with Crippen LogP contribution < -0.4 is 0 Å². The van der Waals surface area contributed by atoms with Crippen LogP contribution in [0.5, 0.6) is 0 Å². The average Bonchev–Trinajstić information content (AvgIpc) is 1.84. The number of halogens is 1. The second kappa shape index (κ2) is 2.33. The van der Waals surface area contributed by atoms with Gasteiger partial charge in [-0.15, -0.1) is 0 Å². The molecule has 0 aromatic rings. The molecule has 0 aliphatic carbocycles. The van der Waals surface area contributed by atoms with Crippen molar-refractivity contribution >= 4 is 32.0 Å². The van der Waals surface area contributed by atoms with Crippen LogP contribution in [0.4, 0.5) is 0 Å². The van der Waals surface area contributed by atoms with Crippen LogP contribution in [-0.4, -0.2) is 10.3 Å². The zero-order chi connectivity index (χ0) is 9.08. The Morgan fingerprint density at radius 1 is 1.18 bits per heavy atom. The summed E-state index contributed by atoms with van der Waals surface area (Å²) in [5.74, 6) is 0.736. The Hall–Kier alpha value is 1.13. The van der Waals surface area contributed by atoms with Gasteiger partial charge in [-0.1, -0.05) is 46.4 Å². The third kappa shape index (κ3) is 0.957. The SMILES string of the molecule is CC1C(C)(C)P(=S)(Br)C1(C)C. The maximum atomic E-state index is 5.65. The zero-order valence-electron chi connectivity index (χ0n) is 7.81. The second-order valence-corrected chi connectivity index (χ2v) is 14.2. The molecule has 0 bridgehead atoms. The Labute approximate surface area is 82.9 Å². The van der Waals surface area contributed by atoms with Gasteiger partial charge in [-0.05, 0) is 21.4 Å². The molecule has 1 aliphatic rings. The minimum absolute atomic E-state index is 0.353. The summed E-state index contributed by atoms with van der Waals surface area (Å²) in [5.41, 5.74) is 0. The van der Waals surface area contributed by atoms with Gasteiger partial charge in [-0.2, -0.15) is 0 Å². The van der Waals surface area contributed by atoms with Crippen molar-refractivity contribution in [2.45, 2.75) is 44.9 Å². The highest BCUT2D eigenvalue weighted by Crippen LogP contribution is 2.86. The molecule has 3 heteroatoms. The minimum Gasteiger partial charge on any atom is -0.0842 e. The van der Waals surface area contributed by atoms with Crippen molar-refractivity contribution in [3.63, 3.8) is 0 Å². The van der Waals surface area contributed by atoms with E-state index in [0.29, 0.717) is 10.3 Å². The molecule has 66 valence electrons. The smallest absolute Gasteiger partial charge is 0.0283 e. The van der Waals surface area contributed by atoms with E-state index in [1.165, 1.54) is 0 Å². The second-order valence-electron chi connectivity index (χ2n) is 4.56. The molecule has 1 heterocycles. The third-order valence-corrected chi connectivity index (χ3v) is 15.6. The molecule has 0 radical (unpaired) electrons. The Morgan fingerprint density at radius 2 is 1.45 bits per heavy atom. The van der Waals surface area contributed by atoms with Crippen LogP contribution in [0.15, 0.2) is 0 Å². The van der Waals surface area contributed by atoms with Crippen molar-refractivity contribution in [2.75, 3.05) is 0 Å². The van der Waals surface area contributed by atoms with Crippen LogP contribution in [0, 0.1) is 5.92 Å². The highest BCUT2D eigenvalue weighted by Gasteiger charge is 2.63. The highest BCUT2D eigenvalue weighted by atomic mass is 79.9. The van der Waals surface area contributed by atoms with Crippen molar-refractivity contribution in [3.05, 3.63) is 0 Å².